The average Bonchev–Trinajstić information content (AvgIpc) is 4.25. The van der Waals surface area contributed by atoms with Gasteiger partial charge in [-0.15, -0.1) is 0 Å². The molecule has 0 N–H and O–H groups in total. The summed E-state index contributed by atoms with van der Waals surface area (Å²) in [4.78, 5) is 2.69. The van der Waals surface area contributed by atoms with E-state index in [-0.39, 0.29) is 12.0 Å². The average molecular weight is 1000 g/mol. The normalized spacial score (nSPS) is 17.1. The molecule has 4 heterocycles. The molecule has 9 aromatic carbocycles. The quantitative estimate of drug-likeness (QED) is 0.110. The van der Waals surface area contributed by atoms with Gasteiger partial charge in [-0.3, -0.25) is 0 Å². The van der Waals surface area contributed by atoms with Gasteiger partial charge in [-0.05, 0) is 113 Å². The molecule has 0 radical (unpaired) electrons. The molecule has 4 nitrogen and oxygen atoms in total. The van der Waals surface area contributed by atoms with Gasteiger partial charge in [0.15, 0.2) is 8.07 Å². The number of anilines is 1. The minimum Gasteiger partial charge on any atom is -0.336 e. The van der Waals surface area contributed by atoms with Crippen LogP contribution in [-0.4, -0.2) is 27.8 Å². The third kappa shape index (κ3) is 6.44. The first-order chi connectivity index (χ1) is 38.3. The van der Waals surface area contributed by atoms with Gasteiger partial charge in [0.05, 0.1) is 44.8 Å². The monoisotopic (exact) mass is 1000 g/mol. The lowest BCUT2D eigenvalue weighted by molar-refractivity contribution is 0.702. The Morgan fingerprint density at radius 1 is 0.416 bits per heavy atom. The highest BCUT2D eigenvalue weighted by Crippen LogP contribution is 2.53. The molecule has 12 aromatic rings. The van der Waals surface area contributed by atoms with E-state index in [0.717, 1.165) is 37.1 Å². The largest absolute Gasteiger partial charge is 0.336 e. The topological polar surface area (TPSA) is 18.0 Å². The summed E-state index contributed by atoms with van der Waals surface area (Å²) in [6.07, 6.45) is 27.5. The minimum absolute atomic E-state index is 0.218. The fraction of sp³-hybridized carbons (Fsp3) is 0.0833. The summed E-state index contributed by atoms with van der Waals surface area (Å²) in [7, 11) is -3.11. The van der Waals surface area contributed by atoms with Crippen molar-refractivity contribution in [2.45, 2.75) is 37.6 Å². The molecule has 3 aromatic heterocycles. The van der Waals surface area contributed by atoms with Gasteiger partial charge in [0.25, 0.3) is 0 Å². The molecule has 2 unspecified atom stereocenters. The SMILES string of the molecule is C1=CCCC(N2c3c(ccc4c3c3ccccc3n4-c3cc(-n4c5ccccc5c5c6c(ccc54)c4ccccc4n6C4=CCCC=C4)cc([Si](c4ccccc4)(c4ccccc4)c4ccccc4)c3)C3C=CC=CC32)=C1. The van der Waals surface area contributed by atoms with Gasteiger partial charge in [-0.2, -0.15) is 0 Å². The maximum Gasteiger partial charge on any atom is 0.179 e. The van der Waals surface area contributed by atoms with Gasteiger partial charge in [0.2, 0.25) is 0 Å². The second kappa shape index (κ2) is 17.5. The number of nitrogens with zero attached hydrogens (tertiary/aromatic N) is 4. The number of allylic oxidation sites excluding steroid dienone is 10. The van der Waals surface area contributed by atoms with Gasteiger partial charge in [-0.25, -0.2) is 0 Å². The zero-order chi connectivity index (χ0) is 50.6. The van der Waals surface area contributed by atoms with Crippen molar-refractivity contribution in [3.05, 3.63) is 278 Å². The smallest absolute Gasteiger partial charge is 0.179 e. The molecule has 366 valence electrons. The Morgan fingerprint density at radius 3 is 1.61 bits per heavy atom. The number of aromatic nitrogens is 3. The molecule has 0 amide bonds. The molecule has 77 heavy (non-hydrogen) atoms. The van der Waals surface area contributed by atoms with Crippen molar-refractivity contribution in [1.29, 1.82) is 0 Å². The first-order valence-corrected chi connectivity index (χ1v) is 29.5. The van der Waals surface area contributed by atoms with E-state index in [0.29, 0.717) is 0 Å². The number of para-hydroxylation sites is 3. The molecular formula is C72H54N4Si. The molecular weight excluding hydrogens is 949 g/mol. The van der Waals surface area contributed by atoms with E-state index in [1.165, 1.54) is 109 Å². The summed E-state index contributed by atoms with van der Waals surface area (Å²) < 4.78 is 7.73. The van der Waals surface area contributed by atoms with Gasteiger partial charge in [0.1, 0.15) is 0 Å². The van der Waals surface area contributed by atoms with Gasteiger partial charge in [0, 0.05) is 61.0 Å². The van der Waals surface area contributed by atoms with Crippen molar-refractivity contribution in [1.82, 2.24) is 13.7 Å². The molecule has 4 aliphatic rings. The second-order valence-corrected chi connectivity index (χ2v) is 25.1. The Balaban J connectivity index is 1.06. The van der Waals surface area contributed by atoms with E-state index in [4.69, 9.17) is 0 Å². The Kier molecular flexibility index (Phi) is 10.0. The molecule has 2 atom stereocenters. The zero-order valence-corrected chi connectivity index (χ0v) is 43.7. The van der Waals surface area contributed by atoms with Crippen LogP contribution in [0.2, 0.25) is 0 Å². The third-order valence-corrected chi connectivity index (χ3v) is 22.1. The van der Waals surface area contributed by atoms with Crippen LogP contribution in [0.1, 0.15) is 37.2 Å². The summed E-state index contributed by atoms with van der Waals surface area (Å²) in [5, 5.41) is 13.0. The fourth-order valence-corrected chi connectivity index (χ4v) is 19.0. The number of hydrogen-bond donors (Lipinski definition) is 0. The first-order valence-electron chi connectivity index (χ1n) is 27.5. The molecule has 0 bridgehead atoms. The number of fused-ring (bicyclic) bond motifs is 14. The van der Waals surface area contributed by atoms with Crippen LogP contribution in [0, 0.1) is 0 Å². The van der Waals surface area contributed by atoms with Crippen LogP contribution in [0.5, 0.6) is 0 Å². The predicted molar refractivity (Wildman–Crippen MR) is 328 cm³/mol. The second-order valence-electron chi connectivity index (χ2n) is 21.3. The van der Waals surface area contributed by atoms with Crippen LogP contribution < -0.4 is 25.6 Å². The maximum atomic E-state index is 2.69. The van der Waals surface area contributed by atoms with Crippen molar-refractivity contribution in [3.63, 3.8) is 0 Å². The Labute approximate surface area is 449 Å². The number of rotatable bonds is 8. The van der Waals surface area contributed by atoms with Gasteiger partial charge >= 0.3 is 0 Å². The summed E-state index contributed by atoms with van der Waals surface area (Å²) in [6, 6.07) is 79.1. The van der Waals surface area contributed by atoms with Crippen molar-refractivity contribution in [2.24, 2.45) is 0 Å². The van der Waals surface area contributed by atoms with Crippen LogP contribution in [0.3, 0.4) is 0 Å². The Bertz CT molecular complexity index is 4480. The summed E-state index contributed by atoms with van der Waals surface area (Å²) in [5.41, 5.74) is 14.9. The minimum atomic E-state index is -3.11. The van der Waals surface area contributed by atoms with E-state index in [1.807, 2.05) is 0 Å². The van der Waals surface area contributed by atoms with Crippen LogP contribution in [0.15, 0.2) is 273 Å². The van der Waals surface area contributed by atoms with Crippen molar-refractivity contribution in [2.75, 3.05) is 4.90 Å². The Morgan fingerprint density at radius 2 is 0.987 bits per heavy atom. The third-order valence-electron chi connectivity index (χ3n) is 17.3. The van der Waals surface area contributed by atoms with Crippen LogP contribution in [0.4, 0.5) is 5.69 Å². The van der Waals surface area contributed by atoms with E-state index < -0.39 is 8.07 Å². The summed E-state index contributed by atoms with van der Waals surface area (Å²) in [6.45, 7) is 0. The van der Waals surface area contributed by atoms with E-state index in [9.17, 15) is 0 Å². The van der Waals surface area contributed by atoms with Gasteiger partial charge in [-0.1, -0.05) is 206 Å². The van der Waals surface area contributed by atoms with Crippen LogP contribution in [0.25, 0.3) is 82.5 Å². The summed E-state index contributed by atoms with van der Waals surface area (Å²) in [5.74, 6) is 0.267. The molecule has 0 spiro atoms. The predicted octanol–water partition coefficient (Wildman–Crippen LogP) is 15.2. The molecule has 16 rings (SSSR count). The van der Waals surface area contributed by atoms with Crippen LogP contribution in [-0.2, 0) is 0 Å². The lowest BCUT2D eigenvalue weighted by Crippen LogP contribution is -2.74. The molecule has 0 fully saturated rings. The van der Waals surface area contributed by atoms with Crippen molar-refractivity contribution < 1.29 is 0 Å². The highest BCUT2D eigenvalue weighted by atomic mass is 28.3. The van der Waals surface area contributed by atoms with Crippen molar-refractivity contribution >= 4 is 106 Å². The molecule has 0 saturated carbocycles. The van der Waals surface area contributed by atoms with Gasteiger partial charge < -0.3 is 18.6 Å². The fourth-order valence-electron chi connectivity index (χ4n) is 14.2. The number of benzene rings is 9. The standard InChI is InChI=1S/C72H54N4Si/c1-6-24-49(25-7-1)75-63-38-20-16-34-57(63)59-42-44-67-69(71(59)75)61-36-18-22-40-65(61)73(67)51-46-52(48-56(47-51)77(53-28-10-3-11-29-53,54-30-12-4-13-31-54)55-32-14-5-15-33-55)74-66-41-23-19-37-62(66)70-68(74)45-43-60-58-35-17-21-39-64(58)76(72(60)70)50-26-8-2-9-27-50/h1,3-6,8,10-24,26-48,57,63H,2,7,9,25H2. The highest BCUT2D eigenvalue weighted by molar-refractivity contribution is 7.20. The van der Waals surface area contributed by atoms with E-state index >= 15 is 0 Å². The van der Waals surface area contributed by atoms with E-state index in [1.54, 1.807) is 0 Å². The van der Waals surface area contributed by atoms with Crippen LogP contribution >= 0.6 is 0 Å². The van der Waals surface area contributed by atoms with Crippen molar-refractivity contribution in [3.8, 4) is 11.4 Å². The maximum absolute atomic E-state index is 3.11. The lowest BCUT2D eigenvalue weighted by atomic mass is 9.91. The molecule has 3 aliphatic carbocycles. The zero-order valence-electron chi connectivity index (χ0n) is 42.7. The number of hydrogen-bond acceptors (Lipinski definition) is 1. The highest BCUT2D eigenvalue weighted by Gasteiger charge is 2.43. The first kappa shape index (κ1) is 44.2. The molecule has 0 saturated heterocycles. The summed E-state index contributed by atoms with van der Waals surface area (Å²) >= 11 is 0. The lowest BCUT2D eigenvalue weighted by Gasteiger charge is -2.35. The van der Waals surface area contributed by atoms with E-state index in [2.05, 4.69) is 286 Å². The Hall–Kier alpha value is -9.16. The molecule has 5 heteroatoms. The molecule has 1 aliphatic heterocycles.